The van der Waals surface area contributed by atoms with Gasteiger partial charge >= 0.3 is 6.18 Å². The van der Waals surface area contributed by atoms with Crippen LogP contribution in [0.3, 0.4) is 0 Å². The minimum atomic E-state index is -4.55. The molecule has 98 valence electrons. The summed E-state index contributed by atoms with van der Waals surface area (Å²) in [7, 11) is 0. The lowest BCUT2D eigenvalue weighted by Gasteiger charge is -2.17. The maximum absolute atomic E-state index is 12.4. The predicted octanol–water partition coefficient (Wildman–Crippen LogP) is 2.79. The van der Waals surface area contributed by atoms with Gasteiger partial charge < -0.3 is 4.90 Å². The third kappa shape index (κ3) is 2.56. The van der Waals surface area contributed by atoms with Crippen molar-refractivity contribution in [3.63, 3.8) is 0 Å². The lowest BCUT2D eigenvalue weighted by molar-refractivity contribution is -0.141. The number of carbonyl (C=O) groups excluding carboxylic acids is 1. The van der Waals surface area contributed by atoms with E-state index in [1.807, 2.05) is 0 Å². The number of pyridine rings is 1. The Labute approximate surface area is 111 Å². The zero-order chi connectivity index (χ0) is 13.5. The third-order valence-corrected chi connectivity index (χ3v) is 3.14. The number of nitrogens with zero attached hydrogens (tertiary/aromatic N) is 2. The van der Waals surface area contributed by atoms with Gasteiger partial charge in [-0.3, -0.25) is 4.79 Å². The quantitative estimate of drug-likeness (QED) is 0.638. The van der Waals surface area contributed by atoms with E-state index >= 15 is 0 Å². The summed E-state index contributed by atoms with van der Waals surface area (Å²) in [6, 6.07) is 1.96. The Hall–Kier alpha value is -0.950. The number of amides is 1. The first-order valence-corrected chi connectivity index (χ1v) is 5.90. The Kier molecular flexibility index (Phi) is 3.46. The fourth-order valence-electron chi connectivity index (χ4n) is 1.71. The highest BCUT2D eigenvalue weighted by Gasteiger charge is 2.35. The second-order valence-corrected chi connectivity index (χ2v) is 4.95. The molecule has 3 nitrogen and oxygen atoms in total. The van der Waals surface area contributed by atoms with Crippen LogP contribution in [0.25, 0.3) is 0 Å². The van der Waals surface area contributed by atoms with Gasteiger partial charge in [0.2, 0.25) is 5.91 Å². The highest BCUT2D eigenvalue weighted by Crippen LogP contribution is 2.34. The Balaban J connectivity index is 2.34. The van der Waals surface area contributed by atoms with Crippen molar-refractivity contribution in [2.24, 2.45) is 0 Å². The van der Waals surface area contributed by atoms with Gasteiger partial charge in [0.25, 0.3) is 0 Å². The zero-order valence-electron chi connectivity index (χ0n) is 8.91. The molecule has 1 aromatic heterocycles. The van der Waals surface area contributed by atoms with Gasteiger partial charge in [0.15, 0.2) is 5.15 Å². The largest absolute Gasteiger partial charge is 0.433 e. The van der Waals surface area contributed by atoms with Crippen molar-refractivity contribution >= 4 is 35.8 Å². The van der Waals surface area contributed by atoms with E-state index < -0.39 is 11.9 Å². The number of anilines is 1. The van der Waals surface area contributed by atoms with Crippen LogP contribution in [-0.4, -0.2) is 22.7 Å². The summed E-state index contributed by atoms with van der Waals surface area (Å²) in [6.07, 6.45) is -4.32. The van der Waals surface area contributed by atoms with Crippen molar-refractivity contribution in [2.45, 2.75) is 17.8 Å². The summed E-state index contributed by atoms with van der Waals surface area (Å²) in [4.78, 5) is 16.2. The van der Waals surface area contributed by atoms with Crippen LogP contribution >= 0.6 is 24.2 Å². The minimum absolute atomic E-state index is 0.143. The van der Waals surface area contributed by atoms with Crippen LogP contribution in [0, 0.1) is 0 Å². The molecule has 18 heavy (non-hydrogen) atoms. The van der Waals surface area contributed by atoms with Crippen molar-refractivity contribution in [3.05, 3.63) is 23.0 Å². The van der Waals surface area contributed by atoms with Crippen LogP contribution in [0.1, 0.15) is 12.1 Å². The topological polar surface area (TPSA) is 33.2 Å². The number of alkyl halides is 3. The van der Waals surface area contributed by atoms with Gasteiger partial charge in [-0.15, -0.1) is 0 Å². The van der Waals surface area contributed by atoms with Gasteiger partial charge in [0, 0.05) is 18.2 Å². The standard InChI is InChI=1S/C10H8ClF3N2OS/c11-9-6(16-4-5(18)3-8(16)17)1-2-7(15-9)10(12,13)14/h1-2,5,18H,3-4H2. The maximum Gasteiger partial charge on any atom is 0.433 e. The van der Waals surface area contributed by atoms with Gasteiger partial charge in [0.1, 0.15) is 5.69 Å². The summed E-state index contributed by atoms with van der Waals surface area (Å²) >= 11 is 9.85. The normalized spacial score (nSPS) is 20.6. The Morgan fingerprint density at radius 2 is 2.11 bits per heavy atom. The molecule has 1 fully saturated rings. The van der Waals surface area contributed by atoms with E-state index in [0.717, 1.165) is 12.1 Å². The molecule has 0 radical (unpaired) electrons. The Morgan fingerprint density at radius 3 is 2.56 bits per heavy atom. The monoisotopic (exact) mass is 296 g/mol. The molecule has 0 spiro atoms. The van der Waals surface area contributed by atoms with Crippen molar-refractivity contribution < 1.29 is 18.0 Å². The third-order valence-electron chi connectivity index (χ3n) is 2.51. The second-order valence-electron chi connectivity index (χ2n) is 3.87. The summed E-state index contributed by atoms with van der Waals surface area (Å²) < 4.78 is 37.2. The molecule has 1 saturated heterocycles. The van der Waals surface area contributed by atoms with Crippen LogP contribution in [-0.2, 0) is 11.0 Å². The molecular formula is C10H8ClF3N2OS. The molecule has 2 heterocycles. The summed E-state index contributed by atoms with van der Waals surface area (Å²) in [5.41, 5.74) is -0.892. The number of rotatable bonds is 1. The van der Waals surface area contributed by atoms with Crippen molar-refractivity contribution in [3.8, 4) is 0 Å². The first kappa shape index (κ1) is 13.5. The molecule has 0 aromatic carbocycles. The zero-order valence-corrected chi connectivity index (χ0v) is 10.6. The highest BCUT2D eigenvalue weighted by molar-refractivity contribution is 7.81. The minimum Gasteiger partial charge on any atom is -0.308 e. The Bertz CT molecular complexity index is 495. The molecule has 8 heteroatoms. The van der Waals surface area contributed by atoms with Crippen LogP contribution in [0.15, 0.2) is 12.1 Å². The van der Waals surface area contributed by atoms with Crippen molar-refractivity contribution in [2.75, 3.05) is 11.4 Å². The SMILES string of the molecule is O=C1CC(S)CN1c1ccc(C(F)(F)F)nc1Cl. The molecule has 1 atom stereocenters. The van der Waals surface area contributed by atoms with Crippen LogP contribution in [0.4, 0.5) is 18.9 Å². The van der Waals surface area contributed by atoms with E-state index in [4.69, 9.17) is 11.6 Å². The van der Waals surface area contributed by atoms with E-state index in [-0.39, 0.29) is 28.4 Å². The molecule has 1 amide bonds. The van der Waals surface area contributed by atoms with Gasteiger partial charge in [-0.25, -0.2) is 4.98 Å². The molecule has 1 aliphatic heterocycles. The molecule has 1 aliphatic rings. The molecule has 1 unspecified atom stereocenters. The summed E-state index contributed by atoms with van der Waals surface area (Å²) in [5, 5.41) is -0.475. The van der Waals surface area contributed by atoms with E-state index in [0.29, 0.717) is 6.54 Å². The number of hydrogen-bond acceptors (Lipinski definition) is 3. The number of thiol groups is 1. The molecule has 0 aliphatic carbocycles. The van der Waals surface area contributed by atoms with Gasteiger partial charge in [0.05, 0.1) is 5.69 Å². The lowest BCUT2D eigenvalue weighted by Crippen LogP contribution is -2.25. The summed E-state index contributed by atoms with van der Waals surface area (Å²) in [6.45, 7) is 0.314. The lowest BCUT2D eigenvalue weighted by atomic mass is 10.3. The van der Waals surface area contributed by atoms with E-state index in [2.05, 4.69) is 17.6 Å². The number of halogens is 4. The molecule has 0 N–H and O–H groups in total. The fraction of sp³-hybridized carbons (Fsp3) is 0.400. The van der Waals surface area contributed by atoms with E-state index in [1.165, 1.54) is 4.90 Å². The molecular weight excluding hydrogens is 289 g/mol. The van der Waals surface area contributed by atoms with Crippen LogP contribution in [0.2, 0.25) is 5.15 Å². The van der Waals surface area contributed by atoms with Gasteiger partial charge in [-0.2, -0.15) is 25.8 Å². The molecule has 0 bridgehead atoms. The van der Waals surface area contributed by atoms with Crippen LogP contribution in [0.5, 0.6) is 0 Å². The van der Waals surface area contributed by atoms with E-state index in [9.17, 15) is 18.0 Å². The predicted molar refractivity (Wildman–Crippen MR) is 64.0 cm³/mol. The highest BCUT2D eigenvalue weighted by atomic mass is 35.5. The maximum atomic E-state index is 12.4. The summed E-state index contributed by atoms with van der Waals surface area (Å²) in [5.74, 6) is -0.224. The first-order chi connectivity index (χ1) is 8.29. The smallest absolute Gasteiger partial charge is 0.308 e. The average molecular weight is 297 g/mol. The molecule has 0 saturated carbocycles. The van der Waals surface area contributed by atoms with Gasteiger partial charge in [-0.1, -0.05) is 11.6 Å². The molecule has 2 rings (SSSR count). The number of hydrogen-bond donors (Lipinski definition) is 1. The fourth-order valence-corrected chi connectivity index (χ4v) is 2.28. The van der Waals surface area contributed by atoms with Crippen molar-refractivity contribution in [1.82, 2.24) is 4.98 Å². The first-order valence-electron chi connectivity index (χ1n) is 5.01. The van der Waals surface area contributed by atoms with Gasteiger partial charge in [-0.05, 0) is 12.1 Å². The van der Waals surface area contributed by atoms with Crippen LogP contribution < -0.4 is 4.90 Å². The van der Waals surface area contributed by atoms with E-state index in [1.54, 1.807) is 0 Å². The second kappa shape index (κ2) is 4.62. The number of carbonyl (C=O) groups is 1. The Morgan fingerprint density at radius 1 is 1.44 bits per heavy atom. The van der Waals surface area contributed by atoms with Crippen molar-refractivity contribution in [1.29, 1.82) is 0 Å². The molecule has 1 aromatic rings. The average Bonchev–Trinajstić information content (AvgIpc) is 2.56. The number of aromatic nitrogens is 1.